The molecular formula is C23H24FNO2. The Morgan fingerprint density at radius 1 is 1.22 bits per heavy atom. The molecule has 1 aliphatic heterocycles. The van der Waals surface area contributed by atoms with Gasteiger partial charge in [0.15, 0.2) is 0 Å². The van der Waals surface area contributed by atoms with Gasteiger partial charge in [0.2, 0.25) is 0 Å². The minimum atomic E-state index is -0.273. The van der Waals surface area contributed by atoms with Gasteiger partial charge < -0.3 is 10.1 Å². The lowest BCUT2D eigenvalue weighted by atomic mass is 9.76. The van der Waals surface area contributed by atoms with Gasteiger partial charge in [-0.05, 0) is 59.7 Å². The third kappa shape index (κ3) is 3.48. The minimum Gasteiger partial charge on any atom is -0.462 e. The van der Waals surface area contributed by atoms with Crippen LogP contribution in [-0.2, 0) is 4.74 Å². The summed E-state index contributed by atoms with van der Waals surface area (Å²) in [5.41, 5.74) is 3.83. The zero-order valence-electron chi connectivity index (χ0n) is 15.6. The van der Waals surface area contributed by atoms with Crippen LogP contribution >= 0.6 is 0 Å². The first-order chi connectivity index (χ1) is 13.0. The van der Waals surface area contributed by atoms with Crippen molar-refractivity contribution >= 4 is 11.7 Å². The van der Waals surface area contributed by atoms with Crippen LogP contribution in [-0.4, -0.2) is 12.6 Å². The van der Waals surface area contributed by atoms with E-state index in [0.29, 0.717) is 24.0 Å². The fourth-order valence-electron chi connectivity index (χ4n) is 4.05. The maximum atomic E-state index is 13.3. The fraction of sp³-hybridized carbons (Fsp3) is 0.348. The van der Waals surface area contributed by atoms with Crippen molar-refractivity contribution in [2.75, 3.05) is 11.9 Å². The van der Waals surface area contributed by atoms with Crippen LogP contribution in [0.3, 0.4) is 0 Å². The molecule has 3 nitrogen and oxygen atoms in total. The monoisotopic (exact) mass is 365 g/mol. The average Bonchev–Trinajstić information content (AvgIpc) is 3.16. The van der Waals surface area contributed by atoms with Crippen LogP contribution in [0.5, 0.6) is 0 Å². The lowest BCUT2D eigenvalue weighted by molar-refractivity contribution is 0.0459. The smallest absolute Gasteiger partial charge is 0.338 e. The number of nitrogens with one attached hydrogen (secondary N) is 1. The van der Waals surface area contributed by atoms with Gasteiger partial charge in [-0.15, -0.1) is 0 Å². The SMILES string of the molecule is CC(C)COC(=O)c1ccc2c(c1)[C@@H]1C=CC[C@@H]1[C@@H](c1ccc(F)cc1)N2. The van der Waals surface area contributed by atoms with Crippen molar-refractivity contribution in [3.05, 3.63) is 77.1 Å². The summed E-state index contributed by atoms with van der Waals surface area (Å²) < 4.78 is 18.7. The highest BCUT2D eigenvalue weighted by Crippen LogP contribution is 2.49. The van der Waals surface area contributed by atoms with E-state index >= 15 is 0 Å². The molecule has 0 spiro atoms. The van der Waals surface area contributed by atoms with Crippen LogP contribution in [0.25, 0.3) is 0 Å². The van der Waals surface area contributed by atoms with E-state index in [2.05, 4.69) is 17.5 Å². The van der Waals surface area contributed by atoms with Crippen molar-refractivity contribution in [3.8, 4) is 0 Å². The van der Waals surface area contributed by atoms with Gasteiger partial charge in [-0.25, -0.2) is 9.18 Å². The highest BCUT2D eigenvalue weighted by molar-refractivity contribution is 5.90. The molecule has 0 aromatic heterocycles. The van der Waals surface area contributed by atoms with E-state index in [0.717, 1.165) is 23.2 Å². The highest BCUT2D eigenvalue weighted by atomic mass is 19.1. The maximum absolute atomic E-state index is 13.3. The van der Waals surface area contributed by atoms with Gasteiger partial charge in [0.1, 0.15) is 5.82 Å². The quantitative estimate of drug-likeness (QED) is 0.577. The summed E-state index contributed by atoms with van der Waals surface area (Å²) in [5, 5.41) is 3.61. The summed E-state index contributed by atoms with van der Waals surface area (Å²) in [6.45, 7) is 4.47. The minimum absolute atomic E-state index is 0.122. The topological polar surface area (TPSA) is 38.3 Å². The van der Waals surface area contributed by atoms with Crippen LogP contribution in [0.15, 0.2) is 54.6 Å². The van der Waals surface area contributed by atoms with Crippen LogP contribution in [0.4, 0.5) is 10.1 Å². The number of fused-ring (bicyclic) bond motifs is 3. The maximum Gasteiger partial charge on any atom is 0.338 e. The molecule has 4 rings (SSSR count). The standard InChI is InChI=1S/C23H24FNO2/c1-14(2)13-27-23(26)16-8-11-21-20(12-16)18-4-3-5-19(18)22(25-21)15-6-9-17(24)10-7-15/h3-4,6-12,14,18-19,22,25H,5,13H2,1-2H3/t18-,19+,22-/m1/s1. The summed E-state index contributed by atoms with van der Waals surface area (Å²) in [6.07, 6.45) is 5.39. The number of hydrogen-bond donors (Lipinski definition) is 1. The second kappa shape index (κ2) is 7.18. The third-order valence-electron chi connectivity index (χ3n) is 5.38. The van der Waals surface area contributed by atoms with Crippen molar-refractivity contribution in [2.45, 2.75) is 32.2 Å². The summed E-state index contributed by atoms with van der Waals surface area (Å²) >= 11 is 0. The van der Waals surface area contributed by atoms with Gasteiger partial charge in [0.25, 0.3) is 0 Å². The Bertz CT molecular complexity index is 872. The van der Waals surface area contributed by atoms with Gasteiger partial charge in [0.05, 0.1) is 18.2 Å². The predicted molar refractivity (Wildman–Crippen MR) is 104 cm³/mol. The van der Waals surface area contributed by atoms with Crippen molar-refractivity contribution in [2.24, 2.45) is 11.8 Å². The molecule has 2 aliphatic rings. The molecule has 1 aliphatic carbocycles. The third-order valence-corrected chi connectivity index (χ3v) is 5.38. The van der Waals surface area contributed by atoms with Gasteiger partial charge in [0, 0.05) is 11.6 Å². The lowest BCUT2D eigenvalue weighted by Gasteiger charge is -2.37. The largest absolute Gasteiger partial charge is 0.462 e. The van der Waals surface area contributed by atoms with Crippen LogP contribution in [0, 0.1) is 17.7 Å². The Kier molecular flexibility index (Phi) is 4.73. The molecule has 0 fully saturated rings. The molecule has 0 saturated carbocycles. The normalized spacial score (nSPS) is 22.9. The molecule has 0 saturated heterocycles. The van der Waals surface area contributed by atoms with E-state index in [1.165, 1.54) is 12.1 Å². The average molecular weight is 365 g/mol. The van der Waals surface area contributed by atoms with Crippen molar-refractivity contribution < 1.29 is 13.9 Å². The molecule has 2 aromatic rings. The zero-order valence-corrected chi connectivity index (χ0v) is 15.6. The van der Waals surface area contributed by atoms with Gasteiger partial charge in [-0.3, -0.25) is 0 Å². The van der Waals surface area contributed by atoms with Gasteiger partial charge in [-0.1, -0.05) is 38.1 Å². The molecule has 1 heterocycles. The number of allylic oxidation sites excluding steroid dienone is 2. The number of carbonyl (C=O) groups excluding carboxylic acids is 1. The number of halogens is 1. The molecule has 0 radical (unpaired) electrons. The van der Waals surface area contributed by atoms with Crippen LogP contribution in [0.1, 0.15) is 53.7 Å². The lowest BCUT2D eigenvalue weighted by Crippen LogP contribution is -2.29. The number of esters is 1. The second-order valence-corrected chi connectivity index (χ2v) is 7.82. The van der Waals surface area contributed by atoms with E-state index in [-0.39, 0.29) is 23.7 Å². The first-order valence-electron chi connectivity index (χ1n) is 9.52. The summed E-state index contributed by atoms with van der Waals surface area (Å²) in [7, 11) is 0. The van der Waals surface area contributed by atoms with Crippen LogP contribution < -0.4 is 5.32 Å². The Morgan fingerprint density at radius 2 is 2.00 bits per heavy atom. The van der Waals surface area contributed by atoms with Gasteiger partial charge >= 0.3 is 5.97 Å². The van der Waals surface area contributed by atoms with Crippen LogP contribution in [0.2, 0.25) is 0 Å². The molecule has 0 amide bonds. The first-order valence-corrected chi connectivity index (χ1v) is 9.52. The molecular weight excluding hydrogens is 341 g/mol. The van der Waals surface area contributed by atoms with Crippen molar-refractivity contribution in [3.63, 3.8) is 0 Å². The summed E-state index contributed by atoms with van der Waals surface area (Å²) in [6, 6.07) is 12.6. The fourth-order valence-corrected chi connectivity index (χ4v) is 4.05. The molecule has 3 atom stereocenters. The Morgan fingerprint density at radius 3 is 2.74 bits per heavy atom. The number of hydrogen-bond acceptors (Lipinski definition) is 3. The first kappa shape index (κ1) is 17.8. The number of carbonyl (C=O) groups is 1. The van der Waals surface area contributed by atoms with E-state index in [1.54, 1.807) is 0 Å². The highest BCUT2D eigenvalue weighted by Gasteiger charge is 2.38. The van der Waals surface area contributed by atoms with Gasteiger partial charge in [-0.2, -0.15) is 0 Å². The number of ether oxygens (including phenoxy) is 1. The number of anilines is 1. The number of benzene rings is 2. The Labute approximate surface area is 159 Å². The molecule has 140 valence electrons. The number of rotatable bonds is 4. The van der Waals surface area contributed by atoms with Crippen molar-refractivity contribution in [1.82, 2.24) is 0 Å². The summed E-state index contributed by atoms with van der Waals surface area (Å²) in [4.78, 5) is 12.3. The molecule has 1 N–H and O–H groups in total. The predicted octanol–water partition coefficient (Wildman–Crippen LogP) is 5.47. The molecule has 2 aromatic carbocycles. The Hall–Kier alpha value is -2.62. The molecule has 0 bridgehead atoms. The van der Waals surface area contributed by atoms with E-state index < -0.39 is 0 Å². The second-order valence-electron chi connectivity index (χ2n) is 7.82. The Balaban J connectivity index is 1.63. The van der Waals surface area contributed by atoms with Crippen molar-refractivity contribution in [1.29, 1.82) is 0 Å². The molecule has 4 heteroatoms. The zero-order chi connectivity index (χ0) is 19.0. The van der Waals surface area contributed by atoms with E-state index in [9.17, 15) is 9.18 Å². The molecule has 0 unspecified atom stereocenters. The van der Waals surface area contributed by atoms with E-state index in [4.69, 9.17) is 4.74 Å². The molecule has 27 heavy (non-hydrogen) atoms. The summed E-state index contributed by atoms with van der Waals surface area (Å²) in [5.74, 6) is 0.414. The van der Waals surface area contributed by atoms with E-state index in [1.807, 2.05) is 44.2 Å².